The standard InChI is InChI=1S/C25H36FN5O4/c1-23(2,3)18(30-22(35)25(26)7-8-25)21(34)31-12-15-16(24(15,4)5)17(31)20(33)29-14(11-27)10-13-6-9-28-19(13)32/h13-18H,6-10,12H2,1-5H3,(H,28,32)(H,29,33)(H,30,35)/t13-,14-,15-,16-,17-,18+/m0/s1. The van der Waals surface area contributed by atoms with E-state index in [0.29, 0.717) is 19.5 Å². The normalized spacial score (nSPS) is 31.5. The number of carbonyl (C=O) groups is 4. The molecule has 2 heterocycles. The van der Waals surface area contributed by atoms with E-state index in [1.807, 2.05) is 0 Å². The first-order valence-electron chi connectivity index (χ1n) is 12.5. The Hall–Kier alpha value is -2.70. The quantitative estimate of drug-likeness (QED) is 0.492. The van der Waals surface area contributed by atoms with Crippen LogP contribution in [0.3, 0.4) is 0 Å². The van der Waals surface area contributed by atoms with Gasteiger partial charge in [0, 0.05) is 19.0 Å². The van der Waals surface area contributed by atoms with E-state index in [1.54, 1.807) is 20.8 Å². The Kier molecular flexibility index (Phi) is 6.13. The second kappa shape index (κ2) is 8.45. The molecule has 0 spiro atoms. The van der Waals surface area contributed by atoms with Gasteiger partial charge < -0.3 is 20.9 Å². The van der Waals surface area contributed by atoms with Gasteiger partial charge in [-0.15, -0.1) is 0 Å². The third-order valence-corrected chi connectivity index (χ3v) is 8.40. The van der Waals surface area contributed by atoms with Crippen LogP contribution in [0, 0.1) is 39.9 Å². The second-order valence-electron chi connectivity index (χ2n) is 12.3. The van der Waals surface area contributed by atoms with Gasteiger partial charge in [0.1, 0.15) is 18.1 Å². The molecule has 2 aliphatic carbocycles. The molecule has 0 aromatic heterocycles. The minimum Gasteiger partial charge on any atom is -0.356 e. The first-order valence-corrected chi connectivity index (χ1v) is 12.5. The van der Waals surface area contributed by atoms with Crippen LogP contribution in [0.2, 0.25) is 0 Å². The average Bonchev–Trinajstić information content (AvgIpc) is 3.45. The molecule has 0 radical (unpaired) electrons. The van der Waals surface area contributed by atoms with E-state index in [4.69, 9.17) is 0 Å². The summed E-state index contributed by atoms with van der Waals surface area (Å²) in [6.07, 6.45) is 1.12. The molecule has 35 heavy (non-hydrogen) atoms. The van der Waals surface area contributed by atoms with Gasteiger partial charge in [0.25, 0.3) is 5.91 Å². The number of hydrogen-bond acceptors (Lipinski definition) is 5. The van der Waals surface area contributed by atoms with Gasteiger partial charge in [0.15, 0.2) is 5.67 Å². The van der Waals surface area contributed by atoms with E-state index >= 15 is 0 Å². The summed E-state index contributed by atoms with van der Waals surface area (Å²) >= 11 is 0. The van der Waals surface area contributed by atoms with Crippen LogP contribution in [0.25, 0.3) is 0 Å². The van der Waals surface area contributed by atoms with E-state index in [-0.39, 0.29) is 48.3 Å². The lowest BCUT2D eigenvalue weighted by Crippen LogP contribution is -2.60. The van der Waals surface area contributed by atoms with Crippen molar-refractivity contribution in [3.63, 3.8) is 0 Å². The molecular formula is C25H36FN5O4. The molecule has 2 saturated carbocycles. The number of fused-ring (bicyclic) bond motifs is 1. The van der Waals surface area contributed by atoms with Gasteiger partial charge in [-0.25, -0.2) is 4.39 Å². The highest BCUT2D eigenvalue weighted by Gasteiger charge is 2.70. The molecule has 4 rings (SSSR count). The van der Waals surface area contributed by atoms with Crippen LogP contribution in [0.4, 0.5) is 4.39 Å². The molecular weight excluding hydrogens is 453 g/mol. The number of rotatable bonds is 7. The van der Waals surface area contributed by atoms with Crippen molar-refractivity contribution >= 4 is 23.6 Å². The topological polar surface area (TPSA) is 131 Å². The molecule has 3 N–H and O–H groups in total. The van der Waals surface area contributed by atoms with Crippen LogP contribution in [-0.4, -0.2) is 65.4 Å². The van der Waals surface area contributed by atoms with Crippen molar-refractivity contribution in [2.45, 2.75) is 84.1 Å². The number of likely N-dealkylation sites (tertiary alicyclic amines) is 1. The summed E-state index contributed by atoms with van der Waals surface area (Å²) in [7, 11) is 0. The Balaban J connectivity index is 1.51. The fourth-order valence-corrected chi connectivity index (χ4v) is 5.78. The van der Waals surface area contributed by atoms with Crippen molar-refractivity contribution in [1.82, 2.24) is 20.9 Å². The Labute approximate surface area is 205 Å². The Bertz CT molecular complexity index is 979. The highest BCUT2D eigenvalue weighted by atomic mass is 19.1. The molecule has 0 aromatic carbocycles. The predicted molar refractivity (Wildman–Crippen MR) is 124 cm³/mol. The summed E-state index contributed by atoms with van der Waals surface area (Å²) < 4.78 is 14.4. The molecule has 6 atom stereocenters. The lowest BCUT2D eigenvalue weighted by atomic mass is 9.85. The summed E-state index contributed by atoms with van der Waals surface area (Å²) in [4.78, 5) is 53.1. The van der Waals surface area contributed by atoms with Gasteiger partial charge in [0.05, 0.1) is 6.07 Å². The zero-order chi connectivity index (χ0) is 25.9. The third kappa shape index (κ3) is 4.62. The third-order valence-electron chi connectivity index (χ3n) is 8.40. The van der Waals surface area contributed by atoms with Gasteiger partial charge in [-0.1, -0.05) is 34.6 Å². The van der Waals surface area contributed by atoms with Crippen molar-refractivity contribution < 1.29 is 23.6 Å². The molecule has 0 aromatic rings. The number of nitriles is 1. The number of halogens is 1. The van der Waals surface area contributed by atoms with Gasteiger partial charge in [-0.2, -0.15) is 5.26 Å². The highest BCUT2D eigenvalue weighted by molar-refractivity contribution is 5.96. The van der Waals surface area contributed by atoms with E-state index in [0.717, 1.165) is 0 Å². The summed E-state index contributed by atoms with van der Waals surface area (Å²) in [5.41, 5.74) is -2.75. The Morgan fingerprint density at radius 1 is 1.26 bits per heavy atom. The fraction of sp³-hybridized carbons (Fsp3) is 0.800. The molecule has 2 aliphatic heterocycles. The van der Waals surface area contributed by atoms with Crippen molar-refractivity contribution in [1.29, 1.82) is 5.26 Å². The smallest absolute Gasteiger partial charge is 0.258 e. The lowest BCUT2D eigenvalue weighted by molar-refractivity contribution is -0.146. The lowest BCUT2D eigenvalue weighted by Gasteiger charge is -2.38. The Morgan fingerprint density at radius 2 is 1.91 bits per heavy atom. The van der Waals surface area contributed by atoms with Gasteiger partial charge in [0.2, 0.25) is 17.7 Å². The number of carbonyl (C=O) groups excluding carboxylic acids is 4. The van der Waals surface area contributed by atoms with E-state index in [9.17, 15) is 28.8 Å². The van der Waals surface area contributed by atoms with Crippen molar-refractivity contribution in [3.05, 3.63) is 0 Å². The van der Waals surface area contributed by atoms with Gasteiger partial charge in [-0.3, -0.25) is 19.2 Å². The number of nitrogens with one attached hydrogen (secondary N) is 3. The molecule has 10 heteroatoms. The van der Waals surface area contributed by atoms with Crippen molar-refractivity contribution in [2.24, 2.45) is 28.6 Å². The minimum absolute atomic E-state index is 0.0761. The first kappa shape index (κ1) is 25.4. The van der Waals surface area contributed by atoms with E-state index in [2.05, 4.69) is 35.9 Å². The van der Waals surface area contributed by atoms with Crippen molar-refractivity contribution in [2.75, 3.05) is 13.1 Å². The van der Waals surface area contributed by atoms with Gasteiger partial charge in [-0.05, 0) is 48.3 Å². The Morgan fingerprint density at radius 3 is 2.43 bits per heavy atom. The molecule has 192 valence electrons. The van der Waals surface area contributed by atoms with Crippen LogP contribution < -0.4 is 16.0 Å². The van der Waals surface area contributed by atoms with Crippen LogP contribution in [0.1, 0.15) is 60.3 Å². The molecule has 4 fully saturated rings. The zero-order valence-corrected chi connectivity index (χ0v) is 21.1. The number of alkyl halides is 1. The van der Waals surface area contributed by atoms with Crippen LogP contribution in [0.15, 0.2) is 0 Å². The molecule has 4 aliphatic rings. The number of nitrogens with zero attached hydrogens (tertiary/aromatic N) is 2. The minimum atomic E-state index is -1.91. The van der Waals surface area contributed by atoms with Gasteiger partial charge >= 0.3 is 0 Å². The zero-order valence-electron chi connectivity index (χ0n) is 21.1. The molecule has 0 bridgehead atoms. The predicted octanol–water partition coefficient (Wildman–Crippen LogP) is 1.04. The monoisotopic (exact) mass is 489 g/mol. The molecule has 2 saturated heterocycles. The maximum Gasteiger partial charge on any atom is 0.258 e. The highest BCUT2D eigenvalue weighted by Crippen LogP contribution is 2.65. The SMILES string of the molecule is CC(C)(C)[C@H](NC(=O)C1(F)CC1)C(=O)N1C[C@H]2[C@@H]([C@H]1C(=O)N[C@H](C#N)C[C@@H]1CCNC1=O)C2(C)C. The van der Waals surface area contributed by atoms with Crippen LogP contribution >= 0.6 is 0 Å². The number of piperidine rings is 1. The van der Waals surface area contributed by atoms with Crippen LogP contribution in [0.5, 0.6) is 0 Å². The molecule has 9 nitrogen and oxygen atoms in total. The number of amides is 4. The fourth-order valence-electron chi connectivity index (χ4n) is 5.78. The first-order chi connectivity index (χ1) is 16.2. The molecule has 4 amide bonds. The maximum atomic E-state index is 14.4. The van der Waals surface area contributed by atoms with E-state index in [1.165, 1.54) is 4.90 Å². The average molecular weight is 490 g/mol. The van der Waals surface area contributed by atoms with Crippen molar-refractivity contribution in [3.8, 4) is 6.07 Å². The van der Waals surface area contributed by atoms with E-state index < -0.39 is 46.9 Å². The second-order valence-corrected chi connectivity index (χ2v) is 12.3. The molecule has 0 unspecified atom stereocenters. The van der Waals surface area contributed by atoms with Crippen LogP contribution in [-0.2, 0) is 19.2 Å². The summed E-state index contributed by atoms with van der Waals surface area (Å²) in [5, 5.41) is 17.8. The maximum absolute atomic E-state index is 14.4. The summed E-state index contributed by atoms with van der Waals surface area (Å²) in [6.45, 7) is 10.4. The largest absolute Gasteiger partial charge is 0.356 e. The summed E-state index contributed by atoms with van der Waals surface area (Å²) in [6, 6.07) is -0.560. The number of hydrogen-bond donors (Lipinski definition) is 3. The summed E-state index contributed by atoms with van der Waals surface area (Å²) in [5.74, 6) is -2.03.